The molecule has 0 amide bonds. The van der Waals surface area contributed by atoms with Gasteiger partial charge in [0, 0.05) is 19.2 Å². The van der Waals surface area contributed by atoms with E-state index in [9.17, 15) is 0 Å². The minimum atomic E-state index is 0.243. The van der Waals surface area contributed by atoms with Gasteiger partial charge in [0.1, 0.15) is 5.82 Å². The van der Waals surface area contributed by atoms with E-state index in [4.69, 9.17) is 16.3 Å². The lowest BCUT2D eigenvalue weighted by Gasteiger charge is -2.07. The zero-order valence-corrected chi connectivity index (χ0v) is 11.4. The van der Waals surface area contributed by atoms with Crippen LogP contribution in [-0.4, -0.2) is 38.3 Å². The van der Waals surface area contributed by atoms with Crippen molar-refractivity contribution < 1.29 is 4.74 Å². The highest BCUT2D eigenvalue weighted by molar-refractivity contribution is 6.28. The maximum atomic E-state index is 6.06. The van der Waals surface area contributed by atoms with Crippen LogP contribution >= 0.6 is 11.6 Å². The molecule has 7 heteroatoms. The highest BCUT2D eigenvalue weighted by Gasteiger charge is 2.16. The molecule has 2 rings (SSSR count). The van der Waals surface area contributed by atoms with E-state index >= 15 is 0 Å². The second-order valence-corrected chi connectivity index (χ2v) is 4.61. The number of halogens is 1. The van der Waals surface area contributed by atoms with Gasteiger partial charge < -0.3 is 4.74 Å². The van der Waals surface area contributed by atoms with Gasteiger partial charge >= 0.3 is 0 Å². The number of methoxy groups -OCH3 is 1. The number of ether oxygens (including phenoxy) is 1. The molecule has 0 atom stereocenters. The summed E-state index contributed by atoms with van der Waals surface area (Å²) in [4.78, 5) is 0. The molecule has 6 nitrogen and oxygen atoms in total. The third-order valence-electron chi connectivity index (χ3n) is 2.57. The van der Waals surface area contributed by atoms with Gasteiger partial charge in [-0.2, -0.15) is 5.10 Å². The Morgan fingerprint density at radius 2 is 2.17 bits per heavy atom. The van der Waals surface area contributed by atoms with Crippen molar-refractivity contribution in [3.05, 3.63) is 23.5 Å². The quantitative estimate of drug-likeness (QED) is 0.832. The van der Waals surface area contributed by atoms with Crippen LogP contribution in [0.3, 0.4) is 0 Å². The van der Waals surface area contributed by atoms with Crippen LogP contribution in [0, 0.1) is 0 Å². The van der Waals surface area contributed by atoms with E-state index in [2.05, 4.69) is 15.3 Å². The van der Waals surface area contributed by atoms with Gasteiger partial charge in [0.25, 0.3) is 0 Å². The van der Waals surface area contributed by atoms with Crippen LogP contribution in [0.5, 0.6) is 0 Å². The summed E-state index contributed by atoms with van der Waals surface area (Å²) >= 11 is 6.06. The average molecular weight is 270 g/mol. The molecule has 0 saturated carbocycles. The maximum absolute atomic E-state index is 6.06. The van der Waals surface area contributed by atoms with Crippen LogP contribution in [0.25, 0.3) is 5.69 Å². The molecule has 98 valence electrons. The van der Waals surface area contributed by atoms with E-state index < -0.39 is 0 Å². The highest BCUT2D eigenvalue weighted by Crippen LogP contribution is 2.21. The van der Waals surface area contributed by atoms with Crippen LogP contribution in [-0.2, 0) is 11.3 Å². The Kier molecular flexibility index (Phi) is 3.98. The highest BCUT2D eigenvalue weighted by atomic mass is 35.5. The maximum Gasteiger partial charge on any atom is 0.229 e. The fourth-order valence-electron chi connectivity index (χ4n) is 1.66. The smallest absolute Gasteiger partial charge is 0.229 e. The molecule has 0 radical (unpaired) electrons. The average Bonchev–Trinajstić information content (AvgIpc) is 2.92. The van der Waals surface area contributed by atoms with E-state index in [0.717, 1.165) is 11.5 Å². The van der Waals surface area contributed by atoms with Crippen LogP contribution in [0.15, 0.2) is 12.4 Å². The van der Waals surface area contributed by atoms with Gasteiger partial charge in [-0.15, -0.1) is 10.2 Å². The predicted molar refractivity (Wildman–Crippen MR) is 68.1 cm³/mol. The first-order chi connectivity index (χ1) is 8.63. The molecule has 0 unspecified atom stereocenters. The van der Waals surface area contributed by atoms with Gasteiger partial charge in [-0.05, 0) is 11.6 Å². The fourth-order valence-corrected chi connectivity index (χ4v) is 1.89. The normalized spacial score (nSPS) is 11.4. The molecule has 0 aromatic carbocycles. The van der Waals surface area contributed by atoms with E-state index in [1.54, 1.807) is 18.0 Å². The summed E-state index contributed by atoms with van der Waals surface area (Å²) in [6.07, 6.45) is 3.65. The number of hydrogen-bond acceptors (Lipinski definition) is 4. The summed E-state index contributed by atoms with van der Waals surface area (Å²) < 4.78 is 8.63. The van der Waals surface area contributed by atoms with E-state index in [-0.39, 0.29) is 5.92 Å². The first-order valence-corrected chi connectivity index (χ1v) is 6.14. The fraction of sp³-hybridized carbons (Fsp3) is 0.545. The third-order valence-corrected chi connectivity index (χ3v) is 2.81. The molecule has 0 aliphatic rings. The zero-order valence-electron chi connectivity index (χ0n) is 10.7. The lowest BCUT2D eigenvalue weighted by molar-refractivity contribution is 0.183. The lowest BCUT2D eigenvalue weighted by atomic mass is 10.2. The molecule has 0 aliphatic carbocycles. The second-order valence-electron chi connectivity index (χ2n) is 4.27. The van der Waals surface area contributed by atoms with E-state index in [1.807, 2.05) is 24.6 Å². The monoisotopic (exact) mass is 269 g/mol. The minimum absolute atomic E-state index is 0.243. The van der Waals surface area contributed by atoms with Crippen molar-refractivity contribution in [3.63, 3.8) is 0 Å². The van der Waals surface area contributed by atoms with Crippen LogP contribution < -0.4 is 0 Å². The lowest BCUT2D eigenvalue weighted by Crippen LogP contribution is -2.05. The Bertz CT molecular complexity index is 519. The Labute approximate surface area is 111 Å². The van der Waals surface area contributed by atoms with Gasteiger partial charge in [0.15, 0.2) is 0 Å². The van der Waals surface area contributed by atoms with E-state index in [0.29, 0.717) is 18.4 Å². The third kappa shape index (κ3) is 2.54. The topological polar surface area (TPSA) is 57.8 Å². The molecule has 2 aromatic rings. The van der Waals surface area contributed by atoms with Crippen LogP contribution in [0.1, 0.15) is 25.6 Å². The van der Waals surface area contributed by atoms with Gasteiger partial charge in [-0.1, -0.05) is 13.8 Å². The molecule has 0 aliphatic heterocycles. The van der Waals surface area contributed by atoms with Crippen molar-refractivity contribution in [2.24, 2.45) is 0 Å². The summed E-state index contributed by atoms with van der Waals surface area (Å²) in [7, 11) is 1.66. The van der Waals surface area contributed by atoms with Gasteiger partial charge in [0.2, 0.25) is 5.28 Å². The second kappa shape index (κ2) is 5.49. The molecule has 0 N–H and O–H groups in total. The minimum Gasteiger partial charge on any atom is -0.383 e. The molecule has 0 fully saturated rings. The standard InChI is InChI=1S/C11H16ClN5O/c1-8(2)10-14-15-11(12)17(10)9-6-13-16(7-9)4-5-18-3/h6-8H,4-5H2,1-3H3. The summed E-state index contributed by atoms with van der Waals surface area (Å²) in [5.74, 6) is 1.07. The Morgan fingerprint density at radius 3 is 2.83 bits per heavy atom. The summed E-state index contributed by atoms with van der Waals surface area (Å²) in [6.45, 7) is 5.42. The Hall–Kier alpha value is -1.40. The van der Waals surface area contributed by atoms with Gasteiger partial charge in [-0.25, -0.2) is 0 Å². The number of nitrogens with zero attached hydrogens (tertiary/aromatic N) is 5. The largest absolute Gasteiger partial charge is 0.383 e. The SMILES string of the molecule is COCCn1cc(-n2c(Cl)nnc2C(C)C)cn1. The zero-order chi connectivity index (χ0) is 13.1. The number of rotatable bonds is 5. The summed E-state index contributed by atoms with van der Waals surface area (Å²) in [5, 5.41) is 12.6. The van der Waals surface area contributed by atoms with Gasteiger partial charge in [0.05, 0.1) is 25.0 Å². The molecular weight excluding hydrogens is 254 g/mol. The molecule has 0 spiro atoms. The first kappa shape index (κ1) is 13.0. The number of hydrogen-bond donors (Lipinski definition) is 0. The molecule has 2 aromatic heterocycles. The molecule has 18 heavy (non-hydrogen) atoms. The number of aromatic nitrogens is 5. The van der Waals surface area contributed by atoms with Crippen molar-refractivity contribution in [1.29, 1.82) is 0 Å². The molecule has 0 bridgehead atoms. The van der Waals surface area contributed by atoms with Gasteiger partial charge in [-0.3, -0.25) is 9.25 Å². The van der Waals surface area contributed by atoms with Crippen LogP contribution in [0.2, 0.25) is 5.28 Å². The van der Waals surface area contributed by atoms with Crippen molar-refractivity contribution in [3.8, 4) is 5.69 Å². The van der Waals surface area contributed by atoms with Crippen molar-refractivity contribution in [2.45, 2.75) is 26.3 Å². The van der Waals surface area contributed by atoms with Crippen molar-refractivity contribution in [2.75, 3.05) is 13.7 Å². The summed E-state index contributed by atoms with van der Waals surface area (Å²) in [6, 6.07) is 0. The summed E-state index contributed by atoms with van der Waals surface area (Å²) in [5.41, 5.74) is 0.866. The molecular formula is C11H16ClN5O. The van der Waals surface area contributed by atoms with E-state index in [1.165, 1.54) is 0 Å². The first-order valence-electron chi connectivity index (χ1n) is 5.76. The van der Waals surface area contributed by atoms with Crippen molar-refractivity contribution >= 4 is 11.6 Å². The molecule has 2 heterocycles. The Morgan fingerprint density at radius 1 is 1.39 bits per heavy atom. The Balaban J connectivity index is 2.30. The van der Waals surface area contributed by atoms with Crippen LogP contribution in [0.4, 0.5) is 0 Å². The van der Waals surface area contributed by atoms with Crippen molar-refractivity contribution in [1.82, 2.24) is 24.5 Å². The predicted octanol–water partition coefficient (Wildman–Crippen LogP) is 1.89. The molecule has 0 saturated heterocycles.